The summed E-state index contributed by atoms with van der Waals surface area (Å²) in [4.78, 5) is 6.94. The minimum atomic E-state index is 0.683. The van der Waals surface area contributed by atoms with Gasteiger partial charge in [-0.1, -0.05) is 56.7 Å². The first-order valence-corrected chi connectivity index (χ1v) is 9.67. The van der Waals surface area contributed by atoms with Crippen molar-refractivity contribution in [2.24, 2.45) is 11.8 Å². The summed E-state index contributed by atoms with van der Waals surface area (Å²) in [5, 5.41) is 3.83. The van der Waals surface area contributed by atoms with Crippen LogP contribution >= 0.6 is 0 Å². The molecule has 1 N–H and O–H groups in total. The second kappa shape index (κ2) is 9.00. The average Bonchev–Trinajstić information content (AvgIpc) is 3.11. The second-order valence-corrected chi connectivity index (χ2v) is 7.49. The van der Waals surface area contributed by atoms with Crippen molar-refractivity contribution in [3.8, 4) is 0 Å². The maximum Gasteiger partial charge on any atom is 0.128 e. The van der Waals surface area contributed by atoms with Gasteiger partial charge in [-0.3, -0.25) is 0 Å². The molecule has 25 heavy (non-hydrogen) atoms. The van der Waals surface area contributed by atoms with E-state index in [1.54, 1.807) is 0 Å². The Morgan fingerprint density at radius 2 is 1.88 bits per heavy atom. The molecule has 0 aliphatic heterocycles. The lowest BCUT2D eigenvalue weighted by Gasteiger charge is -2.28. The van der Waals surface area contributed by atoms with Gasteiger partial charge >= 0.3 is 0 Å². The molecule has 1 aliphatic carbocycles. The van der Waals surface area contributed by atoms with Crippen LogP contribution < -0.4 is 10.2 Å². The molecule has 134 valence electrons. The highest BCUT2D eigenvalue weighted by molar-refractivity contribution is 5.39. The van der Waals surface area contributed by atoms with E-state index in [9.17, 15) is 0 Å². The van der Waals surface area contributed by atoms with Crippen LogP contribution in [-0.2, 0) is 6.54 Å². The zero-order valence-electron chi connectivity index (χ0n) is 15.6. The molecule has 0 bridgehead atoms. The fourth-order valence-corrected chi connectivity index (χ4v) is 4.04. The van der Waals surface area contributed by atoms with E-state index in [-0.39, 0.29) is 0 Å². The normalized spacial score (nSPS) is 20.1. The van der Waals surface area contributed by atoms with Gasteiger partial charge < -0.3 is 10.2 Å². The second-order valence-electron chi connectivity index (χ2n) is 7.49. The van der Waals surface area contributed by atoms with Gasteiger partial charge in [0, 0.05) is 31.9 Å². The van der Waals surface area contributed by atoms with Crippen molar-refractivity contribution in [3.05, 3.63) is 60.3 Å². The lowest BCUT2D eigenvalue weighted by atomic mass is 9.91. The lowest BCUT2D eigenvalue weighted by Crippen LogP contribution is -2.40. The molecule has 3 rings (SSSR count). The topological polar surface area (TPSA) is 28.2 Å². The Kier molecular flexibility index (Phi) is 6.46. The quantitative estimate of drug-likeness (QED) is 0.768. The molecule has 1 heterocycles. The van der Waals surface area contributed by atoms with Crippen LogP contribution in [0.4, 0.5) is 5.82 Å². The molecule has 1 fully saturated rings. The molecular formula is C22H31N3. The molecule has 0 amide bonds. The van der Waals surface area contributed by atoms with Gasteiger partial charge in [0.25, 0.3) is 0 Å². The highest BCUT2D eigenvalue weighted by Gasteiger charge is 2.28. The van der Waals surface area contributed by atoms with Gasteiger partial charge in [0.05, 0.1) is 0 Å². The van der Waals surface area contributed by atoms with E-state index >= 15 is 0 Å². The van der Waals surface area contributed by atoms with E-state index in [1.807, 2.05) is 12.3 Å². The maximum absolute atomic E-state index is 4.57. The summed E-state index contributed by atoms with van der Waals surface area (Å²) >= 11 is 0. The Balaban J connectivity index is 1.60. The summed E-state index contributed by atoms with van der Waals surface area (Å²) in [7, 11) is 0. The number of anilines is 1. The highest BCUT2D eigenvalue weighted by Crippen LogP contribution is 2.31. The SMILES string of the molecule is CC(C)C1CCCC1NCCN(Cc1ccccc1)c1ccccn1. The van der Waals surface area contributed by atoms with Crippen molar-refractivity contribution in [2.45, 2.75) is 45.7 Å². The predicted octanol–water partition coefficient (Wildman–Crippen LogP) is 4.50. The van der Waals surface area contributed by atoms with Crippen molar-refractivity contribution in [3.63, 3.8) is 0 Å². The molecule has 2 aromatic rings. The van der Waals surface area contributed by atoms with E-state index in [1.165, 1.54) is 24.8 Å². The van der Waals surface area contributed by atoms with Gasteiger partial charge in [0.15, 0.2) is 0 Å². The summed E-state index contributed by atoms with van der Waals surface area (Å²) in [6.07, 6.45) is 5.95. The number of pyridine rings is 1. The minimum absolute atomic E-state index is 0.683. The molecule has 1 saturated carbocycles. The highest BCUT2D eigenvalue weighted by atomic mass is 15.2. The van der Waals surface area contributed by atoms with E-state index < -0.39 is 0 Å². The molecule has 0 radical (unpaired) electrons. The van der Waals surface area contributed by atoms with E-state index in [4.69, 9.17) is 0 Å². The first kappa shape index (κ1) is 17.9. The Labute approximate surface area is 152 Å². The molecule has 0 spiro atoms. The first-order chi connectivity index (χ1) is 12.2. The van der Waals surface area contributed by atoms with E-state index in [0.29, 0.717) is 6.04 Å². The van der Waals surface area contributed by atoms with Crippen molar-refractivity contribution >= 4 is 5.82 Å². The van der Waals surface area contributed by atoms with Crippen molar-refractivity contribution < 1.29 is 0 Å². The smallest absolute Gasteiger partial charge is 0.128 e. The van der Waals surface area contributed by atoms with Crippen molar-refractivity contribution in [1.29, 1.82) is 0 Å². The molecule has 2 unspecified atom stereocenters. The summed E-state index contributed by atoms with van der Waals surface area (Å²) in [5.74, 6) is 2.66. The zero-order chi connectivity index (χ0) is 17.5. The largest absolute Gasteiger partial charge is 0.351 e. The number of nitrogens with one attached hydrogen (secondary N) is 1. The Hall–Kier alpha value is -1.87. The van der Waals surface area contributed by atoms with Crippen LogP contribution in [0.25, 0.3) is 0 Å². The van der Waals surface area contributed by atoms with Crippen molar-refractivity contribution in [2.75, 3.05) is 18.0 Å². The number of nitrogens with zero attached hydrogens (tertiary/aromatic N) is 2. The van der Waals surface area contributed by atoms with Crippen LogP contribution in [0.15, 0.2) is 54.7 Å². The van der Waals surface area contributed by atoms with Gasteiger partial charge in [-0.05, 0) is 42.4 Å². The van der Waals surface area contributed by atoms with Crippen LogP contribution in [-0.4, -0.2) is 24.1 Å². The number of hydrogen-bond acceptors (Lipinski definition) is 3. The molecule has 0 saturated heterocycles. The minimum Gasteiger partial charge on any atom is -0.351 e. The maximum atomic E-state index is 4.57. The fraction of sp³-hybridized carbons (Fsp3) is 0.500. The molecule has 1 aromatic carbocycles. The van der Waals surface area contributed by atoms with Gasteiger partial charge in [0.2, 0.25) is 0 Å². The van der Waals surface area contributed by atoms with Crippen LogP contribution in [0, 0.1) is 11.8 Å². The Bertz CT molecular complexity index is 612. The molecule has 1 aromatic heterocycles. The first-order valence-electron chi connectivity index (χ1n) is 9.67. The standard InChI is InChI=1S/C22H31N3/c1-18(2)20-11-8-12-21(20)23-15-16-25(22-13-6-7-14-24-22)17-19-9-4-3-5-10-19/h3-7,9-10,13-14,18,20-21,23H,8,11-12,15-17H2,1-2H3. The fourth-order valence-electron chi connectivity index (χ4n) is 4.04. The molecule has 2 atom stereocenters. The summed E-state index contributed by atoms with van der Waals surface area (Å²) in [6.45, 7) is 7.61. The third kappa shape index (κ3) is 5.05. The number of aromatic nitrogens is 1. The summed E-state index contributed by atoms with van der Waals surface area (Å²) in [6, 6.07) is 17.5. The molecule has 3 heteroatoms. The van der Waals surface area contributed by atoms with Crippen LogP contribution in [0.3, 0.4) is 0 Å². The lowest BCUT2D eigenvalue weighted by molar-refractivity contribution is 0.315. The number of benzene rings is 1. The molecule has 3 nitrogen and oxygen atoms in total. The van der Waals surface area contributed by atoms with Crippen LogP contribution in [0.5, 0.6) is 0 Å². The van der Waals surface area contributed by atoms with Gasteiger partial charge in [-0.15, -0.1) is 0 Å². The van der Waals surface area contributed by atoms with E-state index in [2.05, 4.69) is 71.5 Å². The van der Waals surface area contributed by atoms with Gasteiger partial charge in [-0.25, -0.2) is 4.98 Å². The Morgan fingerprint density at radius 1 is 1.08 bits per heavy atom. The van der Waals surface area contributed by atoms with Gasteiger partial charge in [-0.2, -0.15) is 0 Å². The third-order valence-electron chi connectivity index (χ3n) is 5.40. The zero-order valence-corrected chi connectivity index (χ0v) is 15.6. The Morgan fingerprint density at radius 3 is 2.60 bits per heavy atom. The van der Waals surface area contributed by atoms with Crippen LogP contribution in [0.1, 0.15) is 38.7 Å². The number of hydrogen-bond donors (Lipinski definition) is 1. The van der Waals surface area contributed by atoms with Crippen LogP contribution in [0.2, 0.25) is 0 Å². The summed E-state index contributed by atoms with van der Waals surface area (Å²) in [5.41, 5.74) is 1.33. The molecular weight excluding hydrogens is 306 g/mol. The predicted molar refractivity (Wildman–Crippen MR) is 106 cm³/mol. The molecule has 1 aliphatic rings. The van der Waals surface area contributed by atoms with Gasteiger partial charge in [0.1, 0.15) is 5.82 Å². The van der Waals surface area contributed by atoms with E-state index in [0.717, 1.165) is 37.3 Å². The third-order valence-corrected chi connectivity index (χ3v) is 5.40. The van der Waals surface area contributed by atoms with Crippen molar-refractivity contribution in [1.82, 2.24) is 10.3 Å². The summed E-state index contributed by atoms with van der Waals surface area (Å²) < 4.78 is 0. The average molecular weight is 338 g/mol. The monoisotopic (exact) mass is 337 g/mol. The number of rotatable bonds is 8.